The largest absolute Gasteiger partial charge is 0.387 e. The molecule has 20 heavy (non-hydrogen) atoms. The quantitative estimate of drug-likeness (QED) is 0.682. The van der Waals surface area contributed by atoms with E-state index in [0.29, 0.717) is 12.0 Å². The highest BCUT2D eigenvalue weighted by Crippen LogP contribution is 2.13. The standard InChI is InChI=1S/C16H24FNO2/c1-2-3-4-5-6-10-16(20)18-12-15(19)13-8-7-9-14(17)11-13/h7-9,11,15,19H,2-6,10,12H2,1H3,(H,18,20). The fourth-order valence-electron chi connectivity index (χ4n) is 2.02. The van der Waals surface area contributed by atoms with Crippen LogP contribution in [0.1, 0.15) is 57.1 Å². The summed E-state index contributed by atoms with van der Waals surface area (Å²) in [7, 11) is 0. The van der Waals surface area contributed by atoms with E-state index in [1.807, 2.05) is 0 Å². The predicted molar refractivity (Wildman–Crippen MR) is 77.7 cm³/mol. The van der Waals surface area contributed by atoms with Gasteiger partial charge < -0.3 is 10.4 Å². The van der Waals surface area contributed by atoms with Crippen LogP contribution in [0, 0.1) is 5.82 Å². The van der Waals surface area contributed by atoms with Crippen LogP contribution in [0.3, 0.4) is 0 Å². The van der Waals surface area contributed by atoms with Crippen molar-refractivity contribution in [2.45, 2.75) is 51.6 Å². The molecule has 1 unspecified atom stereocenters. The number of carbonyl (C=O) groups is 1. The highest BCUT2D eigenvalue weighted by molar-refractivity contribution is 5.75. The number of hydrogen-bond donors (Lipinski definition) is 2. The van der Waals surface area contributed by atoms with Gasteiger partial charge in [0.2, 0.25) is 5.91 Å². The molecule has 0 fully saturated rings. The first-order valence-electron chi connectivity index (χ1n) is 7.33. The van der Waals surface area contributed by atoms with Crippen LogP contribution >= 0.6 is 0 Å². The Kier molecular flexibility index (Phi) is 7.88. The van der Waals surface area contributed by atoms with Gasteiger partial charge in [0, 0.05) is 13.0 Å². The van der Waals surface area contributed by atoms with Crippen LogP contribution in [0.2, 0.25) is 0 Å². The number of amides is 1. The average molecular weight is 281 g/mol. The summed E-state index contributed by atoms with van der Waals surface area (Å²) in [4.78, 5) is 11.6. The van der Waals surface area contributed by atoms with Crippen LogP contribution in [0.15, 0.2) is 24.3 Å². The fraction of sp³-hybridized carbons (Fsp3) is 0.562. The van der Waals surface area contributed by atoms with Crippen LogP contribution < -0.4 is 5.32 Å². The minimum atomic E-state index is -0.866. The zero-order valence-electron chi connectivity index (χ0n) is 12.1. The third-order valence-corrected chi connectivity index (χ3v) is 3.23. The van der Waals surface area contributed by atoms with Gasteiger partial charge in [0.05, 0.1) is 6.10 Å². The summed E-state index contributed by atoms with van der Waals surface area (Å²) >= 11 is 0. The van der Waals surface area contributed by atoms with Crippen LogP contribution in [0.25, 0.3) is 0 Å². The number of benzene rings is 1. The maximum atomic E-state index is 13.0. The number of unbranched alkanes of at least 4 members (excludes halogenated alkanes) is 4. The summed E-state index contributed by atoms with van der Waals surface area (Å²) in [5, 5.41) is 12.5. The van der Waals surface area contributed by atoms with Crippen LogP contribution in [-0.2, 0) is 4.79 Å². The van der Waals surface area contributed by atoms with Gasteiger partial charge in [-0.2, -0.15) is 0 Å². The second-order valence-corrected chi connectivity index (χ2v) is 5.04. The Bertz CT molecular complexity index is 409. The monoisotopic (exact) mass is 281 g/mol. The van der Waals surface area contributed by atoms with Gasteiger partial charge in [-0.3, -0.25) is 4.79 Å². The zero-order chi connectivity index (χ0) is 14.8. The van der Waals surface area contributed by atoms with E-state index in [1.165, 1.54) is 25.0 Å². The van der Waals surface area contributed by atoms with E-state index in [2.05, 4.69) is 12.2 Å². The first kappa shape index (κ1) is 16.6. The second kappa shape index (κ2) is 9.48. The van der Waals surface area contributed by atoms with Crippen molar-refractivity contribution in [2.24, 2.45) is 0 Å². The zero-order valence-corrected chi connectivity index (χ0v) is 12.1. The summed E-state index contributed by atoms with van der Waals surface area (Å²) in [5.41, 5.74) is 0.480. The highest BCUT2D eigenvalue weighted by Gasteiger charge is 2.09. The van der Waals surface area contributed by atoms with E-state index < -0.39 is 6.10 Å². The summed E-state index contributed by atoms with van der Waals surface area (Å²) in [5.74, 6) is -0.444. The second-order valence-electron chi connectivity index (χ2n) is 5.04. The lowest BCUT2D eigenvalue weighted by Crippen LogP contribution is -2.28. The fourth-order valence-corrected chi connectivity index (χ4v) is 2.02. The van der Waals surface area contributed by atoms with Crippen LogP contribution in [0.5, 0.6) is 0 Å². The van der Waals surface area contributed by atoms with E-state index in [9.17, 15) is 14.3 Å². The van der Waals surface area contributed by atoms with E-state index in [0.717, 1.165) is 19.3 Å². The molecule has 0 spiro atoms. The van der Waals surface area contributed by atoms with Crippen molar-refractivity contribution in [3.8, 4) is 0 Å². The Hall–Kier alpha value is -1.42. The topological polar surface area (TPSA) is 49.3 Å². The molecular weight excluding hydrogens is 257 g/mol. The van der Waals surface area contributed by atoms with E-state index in [-0.39, 0.29) is 18.3 Å². The average Bonchev–Trinajstić information content (AvgIpc) is 2.44. The minimum absolute atomic E-state index is 0.0584. The lowest BCUT2D eigenvalue weighted by Gasteiger charge is -2.12. The maximum Gasteiger partial charge on any atom is 0.220 e. The molecule has 1 rings (SSSR count). The van der Waals surface area contributed by atoms with Gasteiger partial charge in [-0.25, -0.2) is 4.39 Å². The smallest absolute Gasteiger partial charge is 0.220 e. The lowest BCUT2D eigenvalue weighted by atomic mass is 10.1. The molecule has 0 saturated heterocycles. The van der Waals surface area contributed by atoms with E-state index >= 15 is 0 Å². The Balaban J connectivity index is 2.20. The molecule has 0 aromatic heterocycles. The number of hydrogen-bond acceptors (Lipinski definition) is 2. The summed E-state index contributed by atoms with van der Waals surface area (Å²) in [6, 6.07) is 5.79. The molecule has 0 saturated carbocycles. The molecule has 1 atom stereocenters. The molecule has 1 amide bonds. The number of carbonyl (C=O) groups excluding carboxylic acids is 1. The van der Waals surface area contributed by atoms with Crippen molar-refractivity contribution in [1.82, 2.24) is 5.32 Å². The first-order chi connectivity index (χ1) is 9.63. The molecule has 1 aromatic rings. The highest BCUT2D eigenvalue weighted by atomic mass is 19.1. The number of aliphatic hydroxyl groups is 1. The lowest BCUT2D eigenvalue weighted by molar-refractivity contribution is -0.121. The molecule has 0 bridgehead atoms. The van der Waals surface area contributed by atoms with Gasteiger partial charge in [-0.1, -0.05) is 44.7 Å². The summed E-state index contributed by atoms with van der Waals surface area (Å²) in [6.07, 6.45) is 5.12. The molecule has 0 radical (unpaired) electrons. The first-order valence-corrected chi connectivity index (χ1v) is 7.33. The summed E-state index contributed by atoms with van der Waals surface area (Å²) in [6.45, 7) is 2.28. The Labute approximate surface area is 120 Å². The Morgan fingerprint density at radius 2 is 2.05 bits per heavy atom. The maximum absolute atomic E-state index is 13.0. The van der Waals surface area contributed by atoms with Crippen molar-refractivity contribution in [3.05, 3.63) is 35.6 Å². The van der Waals surface area contributed by atoms with Crippen LogP contribution in [0.4, 0.5) is 4.39 Å². The van der Waals surface area contributed by atoms with Gasteiger partial charge in [0.25, 0.3) is 0 Å². The SMILES string of the molecule is CCCCCCCC(=O)NCC(O)c1cccc(F)c1. The van der Waals surface area contributed by atoms with Gasteiger partial charge in [-0.15, -0.1) is 0 Å². The van der Waals surface area contributed by atoms with Crippen molar-refractivity contribution in [1.29, 1.82) is 0 Å². The van der Waals surface area contributed by atoms with Crippen molar-refractivity contribution < 1.29 is 14.3 Å². The molecule has 0 heterocycles. The number of nitrogens with one attached hydrogen (secondary N) is 1. The third-order valence-electron chi connectivity index (χ3n) is 3.23. The molecule has 4 heteroatoms. The number of rotatable bonds is 9. The van der Waals surface area contributed by atoms with Crippen molar-refractivity contribution >= 4 is 5.91 Å². The number of aliphatic hydroxyl groups excluding tert-OH is 1. The summed E-state index contributed by atoms with van der Waals surface area (Å²) < 4.78 is 13.0. The minimum Gasteiger partial charge on any atom is -0.387 e. The molecule has 112 valence electrons. The molecule has 3 nitrogen and oxygen atoms in total. The molecule has 1 aromatic carbocycles. The number of halogens is 1. The molecule has 0 aliphatic heterocycles. The van der Waals surface area contributed by atoms with E-state index in [1.54, 1.807) is 12.1 Å². The molecule has 0 aliphatic rings. The van der Waals surface area contributed by atoms with Gasteiger partial charge in [-0.05, 0) is 24.1 Å². The van der Waals surface area contributed by atoms with Crippen LogP contribution in [-0.4, -0.2) is 17.6 Å². The Morgan fingerprint density at radius 3 is 2.75 bits per heavy atom. The van der Waals surface area contributed by atoms with Gasteiger partial charge in [0.15, 0.2) is 0 Å². The normalized spacial score (nSPS) is 12.2. The Morgan fingerprint density at radius 1 is 1.30 bits per heavy atom. The molecular formula is C16H24FNO2. The third kappa shape index (κ3) is 6.66. The van der Waals surface area contributed by atoms with Crippen molar-refractivity contribution in [2.75, 3.05) is 6.54 Å². The van der Waals surface area contributed by atoms with Gasteiger partial charge in [0.1, 0.15) is 5.82 Å². The predicted octanol–water partition coefficient (Wildman–Crippen LogP) is 3.34. The van der Waals surface area contributed by atoms with Gasteiger partial charge >= 0.3 is 0 Å². The molecule has 0 aliphatic carbocycles. The van der Waals surface area contributed by atoms with Crippen molar-refractivity contribution in [3.63, 3.8) is 0 Å². The molecule has 2 N–H and O–H groups in total. The van der Waals surface area contributed by atoms with E-state index in [4.69, 9.17) is 0 Å².